The summed E-state index contributed by atoms with van der Waals surface area (Å²) in [7, 11) is -3.98. The van der Waals surface area contributed by atoms with Crippen LogP contribution >= 0.6 is 11.3 Å². The standard InChI is InChI=1S/C9H14N2O5S2/c1-3-4-6(7(12)13)11-18(15,16)8-5(2)10-9(14)17-8/h6,11H,3-4H2,1-2H3,(H,10,14)(H,12,13)/t6-/m1/s1. The van der Waals surface area contributed by atoms with Gasteiger partial charge < -0.3 is 10.1 Å². The van der Waals surface area contributed by atoms with Crippen molar-refractivity contribution >= 4 is 27.3 Å². The summed E-state index contributed by atoms with van der Waals surface area (Å²) in [6.45, 7) is 3.20. The number of rotatable bonds is 6. The molecule has 1 aromatic heterocycles. The number of aromatic nitrogens is 1. The van der Waals surface area contributed by atoms with Crippen LogP contribution in [-0.4, -0.2) is 30.5 Å². The summed E-state index contributed by atoms with van der Waals surface area (Å²) in [5.74, 6) is -1.24. The van der Waals surface area contributed by atoms with Gasteiger partial charge in [0.2, 0.25) is 0 Å². The molecule has 0 aliphatic heterocycles. The number of H-pyrrole nitrogens is 1. The maximum atomic E-state index is 11.9. The topological polar surface area (TPSA) is 116 Å². The van der Waals surface area contributed by atoms with E-state index in [1.807, 2.05) is 0 Å². The molecule has 0 spiro atoms. The highest BCUT2D eigenvalue weighted by molar-refractivity contribution is 7.91. The number of carbonyl (C=O) groups is 1. The second-order valence-corrected chi connectivity index (χ2v) is 6.62. The van der Waals surface area contributed by atoms with Gasteiger partial charge in [0.25, 0.3) is 10.0 Å². The van der Waals surface area contributed by atoms with E-state index in [-0.39, 0.29) is 16.3 Å². The van der Waals surface area contributed by atoms with Crippen LogP contribution in [0.4, 0.5) is 0 Å². The molecule has 9 heteroatoms. The molecule has 0 saturated carbocycles. The molecular weight excluding hydrogens is 280 g/mol. The average molecular weight is 294 g/mol. The van der Waals surface area contributed by atoms with E-state index in [0.717, 1.165) is 0 Å². The summed E-state index contributed by atoms with van der Waals surface area (Å²) in [6, 6.07) is -1.18. The molecule has 1 rings (SSSR count). The number of carboxylic acids is 1. The summed E-state index contributed by atoms with van der Waals surface area (Å²) < 4.78 is 25.8. The Kier molecular flexibility index (Phi) is 4.65. The lowest BCUT2D eigenvalue weighted by Gasteiger charge is -2.12. The first-order valence-corrected chi connectivity index (χ1v) is 7.52. The van der Waals surface area contributed by atoms with Crippen LogP contribution in [0.1, 0.15) is 25.5 Å². The van der Waals surface area contributed by atoms with E-state index in [1.165, 1.54) is 6.92 Å². The minimum absolute atomic E-state index is 0.171. The summed E-state index contributed by atoms with van der Waals surface area (Å²) in [5, 5.41) is 8.90. The van der Waals surface area contributed by atoms with Crippen molar-refractivity contribution in [2.45, 2.75) is 36.9 Å². The van der Waals surface area contributed by atoms with Gasteiger partial charge in [-0.25, -0.2) is 8.42 Å². The predicted molar refractivity (Wildman–Crippen MR) is 66.3 cm³/mol. The van der Waals surface area contributed by atoms with Crippen LogP contribution in [0.5, 0.6) is 0 Å². The van der Waals surface area contributed by atoms with Crippen molar-refractivity contribution in [1.29, 1.82) is 0 Å². The van der Waals surface area contributed by atoms with Crippen LogP contribution < -0.4 is 9.60 Å². The highest BCUT2D eigenvalue weighted by atomic mass is 32.2. The van der Waals surface area contributed by atoms with Crippen molar-refractivity contribution in [1.82, 2.24) is 9.71 Å². The maximum Gasteiger partial charge on any atom is 0.321 e. The molecule has 7 nitrogen and oxygen atoms in total. The van der Waals surface area contributed by atoms with E-state index in [2.05, 4.69) is 9.71 Å². The Morgan fingerprint density at radius 3 is 2.56 bits per heavy atom. The fourth-order valence-corrected chi connectivity index (χ4v) is 3.95. The normalized spacial score (nSPS) is 13.4. The third kappa shape index (κ3) is 3.40. The summed E-state index contributed by atoms with van der Waals surface area (Å²) in [6.07, 6.45) is 0.717. The second-order valence-electron chi connectivity index (χ2n) is 3.73. The van der Waals surface area contributed by atoms with Crippen molar-refractivity contribution in [3.63, 3.8) is 0 Å². The average Bonchev–Trinajstić information content (AvgIpc) is 2.57. The molecule has 1 atom stereocenters. The largest absolute Gasteiger partial charge is 0.480 e. The smallest absolute Gasteiger partial charge is 0.321 e. The number of thiazole rings is 1. The molecule has 0 radical (unpaired) electrons. The molecule has 1 heterocycles. The minimum Gasteiger partial charge on any atom is -0.480 e. The van der Waals surface area contributed by atoms with Gasteiger partial charge in [-0.15, -0.1) is 0 Å². The molecule has 1 aromatic rings. The number of carboxylic acid groups (broad SMARTS) is 1. The number of nitrogens with one attached hydrogen (secondary N) is 2. The van der Waals surface area contributed by atoms with Gasteiger partial charge in [0.1, 0.15) is 6.04 Å². The molecule has 0 aromatic carbocycles. The number of sulfonamides is 1. The number of aliphatic carboxylic acids is 1. The lowest BCUT2D eigenvalue weighted by atomic mass is 10.2. The molecule has 0 saturated heterocycles. The maximum absolute atomic E-state index is 11.9. The van der Waals surface area contributed by atoms with E-state index in [4.69, 9.17) is 5.11 Å². The quantitative estimate of drug-likeness (QED) is 0.696. The minimum atomic E-state index is -3.98. The molecule has 0 amide bonds. The van der Waals surface area contributed by atoms with Gasteiger partial charge in [0.05, 0.1) is 0 Å². The third-order valence-electron chi connectivity index (χ3n) is 2.20. The lowest BCUT2D eigenvalue weighted by Crippen LogP contribution is -2.40. The number of aromatic amines is 1. The van der Waals surface area contributed by atoms with E-state index >= 15 is 0 Å². The first-order valence-electron chi connectivity index (χ1n) is 5.22. The van der Waals surface area contributed by atoms with Crippen LogP contribution in [-0.2, 0) is 14.8 Å². The first-order chi connectivity index (χ1) is 8.27. The summed E-state index contributed by atoms with van der Waals surface area (Å²) in [4.78, 5) is 23.8. The van der Waals surface area contributed by atoms with Crippen LogP contribution in [0, 0.1) is 6.92 Å². The molecule has 0 unspecified atom stereocenters. The Bertz CT molecular complexity index is 586. The predicted octanol–water partition coefficient (Wildman–Crippen LogP) is 0.276. The van der Waals surface area contributed by atoms with Crippen molar-refractivity contribution in [2.75, 3.05) is 0 Å². The molecule has 102 valence electrons. The SMILES string of the molecule is CCC[C@@H](NS(=O)(=O)c1sc(=O)[nH]c1C)C(=O)O. The molecule has 18 heavy (non-hydrogen) atoms. The van der Waals surface area contributed by atoms with Gasteiger partial charge in [0.15, 0.2) is 4.21 Å². The number of hydrogen-bond donors (Lipinski definition) is 3. The van der Waals surface area contributed by atoms with E-state index in [1.54, 1.807) is 6.92 Å². The Morgan fingerprint density at radius 2 is 2.17 bits per heavy atom. The third-order valence-corrected chi connectivity index (χ3v) is 5.27. The summed E-state index contributed by atoms with van der Waals surface area (Å²) >= 11 is 0.539. The second kappa shape index (κ2) is 5.63. The Balaban J connectivity index is 3.04. The van der Waals surface area contributed by atoms with Crippen LogP contribution in [0.3, 0.4) is 0 Å². The fraction of sp³-hybridized carbons (Fsp3) is 0.556. The van der Waals surface area contributed by atoms with E-state index in [0.29, 0.717) is 17.8 Å². The molecule has 0 aliphatic rings. The van der Waals surface area contributed by atoms with Crippen LogP contribution in [0.25, 0.3) is 0 Å². The first kappa shape index (κ1) is 14.9. The zero-order chi connectivity index (χ0) is 13.9. The van der Waals surface area contributed by atoms with Gasteiger partial charge >= 0.3 is 10.8 Å². The van der Waals surface area contributed by atoms with Crippen molar-refractivity contribution in [3.05, 3.63) is 15.4 Å². The highest BCUT2D eigenvalue weighted by Gasteiger charge is 2.27. The van der Waals surface area contributed by atoms with Gasteiger partial charge in [-0.2, -0.15) is 4.72 Å². The number of aryl methyl sites for hydroxylation is 1. The van der Waals surface area contributed by atoms with Gasteiger partial charge in [-0.3, -0.25) is 9.59 Å². The highest BCUT2D eigenvalue weighted by Crippen LogP contribution is 2.16. The van der Waals surface area contributed by atoms with E-state index < -0.39 is 26.9 Å². The lowest BCUT2D eigenvalue weighted by molar-refractivity contribution is -0.139. The molecule has 0 fully saturated rings. The van der Waals surface area contributed by atoms with Gasteiger partial charge in [-0.05, 0) is 13.3 Å². The van der Waals surface area contributed by atoms with Gasteiger partial charge in [0, 0.05) is 5.69 Å². The Morgan fingerprint density at radius 1 is 1.56 bits per heavy atom. The molecular formula is C9H14N2O5S2. The van der Waals surface area contributed by atoms with E-state index in [9.17, 15) is 18.0 Å². The Hall–Kier alpha value is -1.19. The van der Waals surface area contributed by atoms with Crippen molar-refractivity contribution in [2.24, 2.45) is 0 Å². The monoisotopic (exact) mass is 294 g/mol. The molecule has 0 aliphatic carbocycles. The zero-order valence-corrected chi connectivity index (χ0v) is 11.5. The fourth-order valence-electron chi connectivity index (χ4n) is 1.41. The van der Waals surface area contributed by atoms with Crippen molar-refractivity contribution < 1.29 is 18.3 Å². The van der Waals surface area contributed by atoms with Crippen molar-refractivity contribution in [3.8, 4) is 0 Å². The Labute approximate surface area is 108 Å². The summed E-state index contributed by atoms with van der Waals surface area (Å²) in [5.41, 5.74) is 0.207. The van der Waals surface area contributed by atoms with Gasteiger partial charge in [-0.1, -0.05) is 24.7 Å². The van der Waals surface area contributed by atoms with Crippen LogP contribution in [0.2, 0.25) is 0 Å². The number of hydrogen-bond acceptors (Lipinski definition) is 5. The molecule has 3 N–H and O–H groups in total. The van der Waals surface area contributed by atoms with Crippen LogP contribution in [0.15, 0.2) is 9.00 Å². The molecule has 0 bridgehead atoms. The zero-order valence-electron chi connectivity index (χ0n) is 9.89.